The molecule has 0 aromatic carbocycles. The molecular formula is C13H21BrN6. The molecule has 2 aromatic rings. The molecule has 0 radical (unpaired) electrons. The minimum Gasteiger partial charge on any atom is -0.330 e. The first-order valence-electron chi connectivity index (χ1n) is 7.02. The predicted molar refractivity (Wildman–Crippen MR) is 81.5 cm³/mol. The highest BCUT2D eigenvalue weighted by Gasteiger charge is 2.14. The highest BCUT2D eigenvalue weighted by Crippen LogP contribution is 2.23. The van der Waals surface area contributed by atoms with E-state index in [0.717, 1.165) is 47.4 Å². The fraction of sp³-hybridized carbons (Fsp3) is 0.615. The van der Waals surface area contributed by atoms with Crippen molar-refractivity contribution < 1.29 is 0 Å². The minimum atomic E-state index is 0.678. The second-order valence-corrected chi connectivity index (χ2v) is 5.47. The Morgan fingerprint density at radius 1 is 1.35 bits per heavy atom. The lowest BCUT2D eigenvalue weighted by atomic mass is 10.2. The van der Waals surface area contributed by atoms with Gasteiger partial charge in [0.2, 0.25) is 0 Å². The Balaban J connectivity index is 2.16. The van der Waals surface area contributed by atoms with Crippen LogP contribution in [0.4, 0.5) is 0 Å². The van der Waals surface area contributed by atoms with Gasteiger partial charge in [-0.05, 0) is 48.7 Å². The van der Waals surface area contributed by atoms with Gasteiger partial charge in [-0.3, -0.25) is 4.68 Å². The van der Waals surface area contributed by atoms with Gasteiger partial charge in [0.15, 0.2) is 0 Å². The van der Waals surface area contributed by atoms with Gasteiger partial charge in [-0.15, -0.1) is 5.10 Å². The molecule has 2 N–H and O–H groups in total. The van der Waals surface area contributed by atoms with Gasteiger partial charge in [-0.25, -0.2) is 4.68 Å². The number of nitrogens with two attached hydrogens (primary N) is 1. The van der Waals surface area contributed by atoms with Crippen molar-refractivity contribution in [1.29, 1.82) is 0 Å². The molecule has 0 amide bonds. The molecule has 0 aliphatic carbocycles. The maximum Gasteiger partial charge on any atom is 0.0857 e. The van der Waals surface area contributed by atoms with Crippen LogP contribution in [0.1, 0.15) is 37.4 Å². The Bertz CT molecular complexity index is 559. The molecule has 0 aliphatic heterocycles. The maximum absolute atomic E-state index is 5.51. The SMILES string of the molecule is CCc1nn(CC)c(Cn2cc(CCCN)nn2)c1Br. The molecule has 0 atom stereocenters. The van der Waals surface area contributed by atoms with E-state index in [2.05, 4.69) is 45.2 Å². The first-order valence-corrected chi connectivity index (χ1v) is 7.82. The monoisotopic (exact) mass is 340 g/mol. The molecule has 0 aliphatic rings. The predicted octanol–water partition coefficient (Wildman–Crippen LogP) is 1.76. The molecule has 0 spiro atoms. The highest BCUT2D eigenvalue weighted by molar-refractivity contribution is 9.10. The van der Waals surface area contributed by atoms with Gasteiger partial charge in [0.05, 0.1) is 28.1 Å². The molecule has 2 heterocycles. The summed E-state index contributed by atoms with van der Waals surface area (Å²) in [7, 11) is 0. The Morgan fingerprint density at radius 2 is 2.15 bits per heavy atom. The van der Waals surface area contributed by atoms with E-state index < -0.39 is 0 Å². The van der Waals surface area contributed by atoms with Gasteiger partial charge in [-0.2, -0.15) is 5.10 Å². The highest BCUT2D eigenvalue weighted by atomic mass is 79.9. The van der Waals surface area contributed by atoms with Gasteiger partial charge in [0, 0.05) is 12.7 Å². The zero-order valence-corrected chi connectivity index (χ0v) is 13.6. The van der Waals surface area contributed by atoms with Gasteiger partial charge >= 0.3 is 0 Å². The van der Waals surface area contributed by atoms with E-state index in [9.17, 15) is 0 Å². The van der Waals surface area contributed by atoms with Gasteiger partial charge < -0.3 is 5.73 Å². The summed E-state index contributed by atoms with van der Waals surface area (Å²) in [6, 6.07) is 0. The Morgan fingerprint density at radius 3 is 2.80 bits per heavy atom. The van der Waals surface area contributed by atoms with E-state index in [1.807, 2.05) is 15.6 Å². The van der Waals surface area contributed by atoms with Crippen LogP contribution in [-0.2, 0) is 25.9 Å². The van der Waals surface area contributed by atoms with Crippen LogP contribution in [0, 0.1) is 0 Å². The third-order valence-electron chi connectivity index (χ3n) is 3.23. The summed E-state index contributed by atoms with van der Waals surface area (Å²) in [5, 5.41) is 12.9. The molecule has 20 heavy (non-hydrogen) atoms. The van der Waals surface area contributed by atoms with Crippen LogP contribution in [0.15, 0.2) is 10.7 Å². The summed E-state index contributed by atoms with van der Waals surface area (Å²) in [6.45, 7) is 6.41. The first-order chi connectivity index (χ1) is 9.69. The zero-order valence-electron chi connectivity index (χ0n) is 12.0. The van der Waals surface area contributed by atoms with Crippen molar-refractivity contribution >= 4 is 15.9 Å². The van der Waals surface area contributed by atoms with E-state index in [-0.39, 0.29) is 0 Å². The van der Waals surface area contributed by atoms with Crippen LogP contribution in [0.3, 0.4) is 0 Å². The maximum atomic E-state index is 5.51. The molecule has 7 heteroatoms. The number of aryl methyl sites for hydroxylation is 3. The Labute approximate surface area is 127 Å². The topological polar surface area (TPSA) is 74.5 Å². The van der Waals surface area contributed by atoms with Crippen molar-refractivity contribution in [3.8, 4) is 0 Å². The first kappa shape index (κ1) is 15.2. The van der Waals surface area contributed by atoms with Gasteiger partial charge in [0.1, 0.15) is 0 Å². The largest absolute Gasteiger partial charge is 0.330 e. The van der Waals surface area contributed by atoms with Crippen LogP contribution in [0.25, 0.3) is 0 Å². The quantitative estimate of drug-likeness (QED) is 0.833. The fourth-order valence-electron chi connectivity index (χ4n) is 2.14. The van der Waals surface area contributed by atoms with E-state index in [4.69, 9.17) is 5.73 Å². The molecule has 110 valence electrons. The Hall–Kier alpha value is -1.21. The lowest BCUT2D eigenvalue weighted by molar-refractivity contribution is 0.562. The van der Waals surface area contributed by atoms with Gasteiger partial charge in [0.25, 0.3) is 0 Å². The average molecular weight is 341 g/mol. The van der Waals surface area contributed by atoms with E-state index >= 15 is 0 Å². The third kappa shape index (κ3) is 3.27. The van der Waals surface area contributed by atoms with Crippen molar-refractivity contribution in [2.24, 2.45) is 5.73 Å². The van der Waals surface area contributed by atoms with Crippen LogP contribution >= 0.6 is 15.9 Å². The summed E-state index contributed by atoms with van der Waals surface area (Å²) < 4.78 is 4.96. The molecule has 0 saturated heterocycles. The lowest BCUT2D eigenvalue weighted by Gasteiger charge is -2.04. The van der Waals surface area contributed by atoms with Crippen molar-refractivity contribution in [3.63, 3.8) is 0 Å². The molecule has 6 nitrogen and oxygen atoms in total. The second kappa shape index (κ2) is 6.99. The molecule has 0 bridgehead atoms. The Kier molecular flexibility index (Phi) is 5.31. The van der Waals surface area contributed by atoms with Crippen LogP contribution in [0.5, 0.6) is 0 Å². The average Bonchev–Trinajstić information content (AvgIpc) is 3.03. The van der Waals surface area contributed by atoms with Crippen molar-refractivity contribution in [2.45, 2.75) is 46.2 Å². The van der Waals surface area contributed by atoms with E-state index in [0.29, 0.717) is 13.1 Å². The summed E-state index contributed by atoms with van der Waals surface area (Å²) in [6.07, 6.45) is 4.72. The molecule has 0 fully saturated rings. The third-order valence-corrected chi connectivity index (χ3v) is 4.14. The number of nitrogens with zero attached hydrogens (tertiary/aromatic N) is 5. The molecule has 2 aromatic heterocycles. The number of rotatable bonds is 7. The normalized spacial score (nSPS) is 11.2. The number of hydrogen-bond acceptors (Lipinski definition) is 4. The van der Waals surface area contributed by atoms with Gasteiger partial charge in [-0.1, -0.05) is 12.1 Å². The summed E-state index contributed by atoms with van der Waals surface area (Å²) >= 11 is 3.65. The smallest absolute Gasteiger partial charge is 0.0857 e. The standard InChI is InChI=1S/C13H21BrN6/c1-3-11-13(14)12(20(4-2)17-11)9-19-8-10(16-18-19)6-5-7-15/h8H,3-7,9,15H2,1-2H3. The summed E-state index contributed by atoms with van der Waals surface area (Å²) in [4.78, 5) is 0. The number of halogens is 1. The molecule has 2 rings (SSSR count). The van der Waals surface area contributed by atoms with Crippen molar-refractivity contribution in [2.75, 3.05) is 6.54 Å². The molecule has 0 unspecified atom stereocenters. The lowest BCUT2D eigenvalue weighted by Crippen LogP contribution is -2.09. The number of aromatic nitrogens is 5. The van der Waals surface area contributed by atoms with Crippen LogP contribution in [0.2, 0.25) is 0 Å². The number of hydrogen-bond donors (Lipinski definition) is 1. The molecular weight excluding hydrogens is 320 g/mol. The second-order valence-electron chi connectivity index (χ2n) is 4.68. The van der Waals surface area contributed by atoms with Crippen molar-refractivity contribution in [3.05, 3.63) is 27.8 Å². The van der Waals surface area contributed by atoms with Crippen LogP contribution in [-0.4, -0.2) is 31.3 Å². The summed E-state index contributed by atoms with van der Waals surface area (Å²) in [5.41, 5.74) is 8.73. The van der Waals surface area contributed by atoms with Crippen molar-refractivity contribution in [1.82, 2.24) is 24.8 Å². The molecule has 0 saturated carbocycles. The van der Waals surface area contributed by atoms with E-state index in [1.165, 1.54) is 0 Å². The van der Waals surface area contributed by atoms with E-state index in [1.54, 1.807) is 0 Å². The van der Waals surface area contributed by atoms with Crippen LogP contribution < -0.4 is 5.73 Å². The zero-order chi connectivity index (χ0) is 14.5. The fourth-order valence-corrected chi connectivity index (χ4v) is 2.83. The minimum absolute atomic E-state index is 0.678. The summed E-state index contributed by atoms with van der Waals surface area (Å²) in [5.74, 6) is 0.